The Kier molecular flexibility index (Phi) is 7.17. The zero-order valence-corrected chi connectivity index (χ0v) is 18.5. The topological polar surface area (TPSA) is 65.5 Å². The van der Waals surface area contributed by atoms with Crippen molar-refractivity contribution < 1.29 is 19.1 Å². The summed E-state index contributed by atoms with van der Waals surface area (Å²) in [5.41, 5.74) is 3.22. The van der Waals surface area contributed by atoms with E-state index in [4.69, 9.17) is 9.47 Å². The van der Waals surface area contributed by atoms with Crippen molar-refractivity contribution >= 4 is 39.0 Å². The summed E-state index contributed by atoms with van der Waals surface area (Å²) in [4.78, 5) is 28.7. The summed E-state index contributed by atoms with van der Waals surface area (Å²) in [5.74, 6) is 0.236. The Labute approximate surface area is 181 Å². The van der Waals surface area contributed by atoms with Gasteiger partial charge in [-0.3, -0.25) is 9.59 Å². The zero-order chi connectivity index (χ0) is 20.8. The van der Waals surface area contributed by atoms with E-state index in [-0.39, 0.29) is 25.2 Å². The molecule has 0 spiro atoms. The second-order valence-electron chi connectivity index (χ2n) is 6.44. The number of carbonyl (C=O) groups is 2. The number of benzene rings is 2. The quantitative estimate of drug-likeness (QED) is 0.314. The molecule has 0 N–H and O–H groups in total. The molecule has 0 amide bonds. The first kappa shape index (κ1) is 21.2. The lowest BCUT2D eigenvalue weighted by Crippen LogP contribution is -2.08. The van der Waals surface area contributed by atoms with Gasteiger partial charge in [0.05, 0.1) is 24.8 Å². The summed E-state index contributed by atoms with van der Waals surface area (Å²) in [6.45, 7) is 2.03. The molecule has 150 valence electrons. The van der Waals surface area contributed by atoms with Crippen LogP contribution in [0.4, 0.5) is 0 Å². The van der Waals surface area contributed by atoms with Crippen molar-refractivity contribution in [1.82, 2.24) is 4.98 Å². The van der Waals surface area contributed by atoms with Gasteiger partial charge in [0.2, 0.25) is 0 Å². The van der Waals surface area contributed by atoms with Gasteiger partial charge in [-0.2, -0.15) is 0 Å². The monoisotopic (exact) mass is 473 g/mol. The molecule has 2 aromatic carbocycles. The molecule has 0 aliphatic carbocycles. The molecule has 0 unspecified atom stereocenters. The first-order valence-electron chi connectivity index (χ1n) is 9.00. The highest BCUT2D eigenvalue weighted by molar-refractivity contribution is 9.10. The highest BCUT2D eigenvalue weighted by atomic mass is 79.9. The van der Waals surface area contributed by atoms with Crippen molar-refractivity contribution in [2.45, 2.75) is 26.4 Å². The van der Waals surface area contributed by atoms with E-state index < -0.39 is 5.97 Å². The molecule has 1 heterocycles. The summed E-state index contributed by atoms with van der Waals surface area (Å²) in [6.07, 6.45) is 0.169. The van der Waals surface area contributed by atoms with Crippen LogP contribution < -0.4 is 4.74 Å². The number of hydrogen-bond acceptors (Lipinski definition) is 6. The predicted molar refractivity (Wildman–Crippen MR) is 116 cm³/mol. The molecule has 0 saturated carbocycles. The Hall–Kier alpha value is -2.51. The predicted octanol–water partition coefficient (Wildman–Crippen LogP) is 5.60. The third kappa shape index (κ3) is 5.74. The van der Waals surface area contributed by atoms with Gasteiger partial charge in [-0.05, 0) is 25.1 Å². The van der Waals surface area contributed by atoms with Crippen molar-refractivity contribution in [3.8, 4) is 16.3 Å². The highest BCUT2D eigenvalue weighted by Crippen LogP contribution is 2.34. The van der Waals surface area contributed by atoms with Crippen molar-refractivity contribution in [2.24, 2.45) is 0 Å². The van der Waals surface area contributed by atoms with Gasteiger partial charge in [-0.1, -0.05) is 45.8 Å². The van der Waals surface area contributed by atoms with Crippen LogP contribution >= 0.6 is 27.3 Å². The maximum atomic E-state index is 12.1. The van der Waals surface area contributed by atoms with Gasteiger partial charge in [0.15, 0.2) is 5.78 Å². The lowest BCUT2D eigenvalue weighted by molar-refractivity contribution is -0.145. The number of esters is 1. The van der Waals surface area contributed by atoms with E-state index in [1.165, 1.54) is 11.3 Å². The van der Waals surface area contributed by atoms with Crippen LogP contribution in [0.1, 0.15) is 34.5 Å². The van der Waals surface area contributed by atoms with Crippen LogP contribution in [0.15, 0.2) is 52.3 Å². The smallest absolute Gasteiger partial charge is 0.306 e. The second kappa shape index (κ2) is 9.80. The second-order valence-corrected chi connectivity index (χ2v) is 8.21. The minimum atomic E-state index is -0.417. The Bertz CT molecular complexity index is 1010. The summed E-state index contributed by atoms with van der Waals surface area (Å²) < 4.78 is 11.6. The molecule has 0 fully saturated rings. The van der Waals surface area contributed by atoms with E-state index in [0.29, 0.717) is 11.3 Å². The Morgan fingerprint density at radius 3 is 2.59 bits per heavy atom. The number of aryl methyl sites for hydroxylation is 1. The van der Waals surface area contributed by atoms with Crippen molar-refractivity contribution in [1.29, 1.82) is 0 Å². The maximum absolute atomic E-state index is 12.1. The van der Waals surface area contributed by atoms with Crippen molar-refractivity contribution in [2.75, 3.05) is 7.11 Å². The minimum absolute atomic E-state index is 0.0448. The highest BCUT2D eigenvalue weighted by Gasteiger charge is 2.14. The maximum Gasteiger partial charge on any atom is 0.306 e. The van der Waals surface area contributed by atoms with E-state index in [2.05, 4.69) is 20.9 Å². The zero-order valence-electron chi connectivity index (χ0n) is 16.1. The summed E-state index contributed by atoms with van der Waals surface area (Å²) in [5, 5.41) is 2.63. The number of Topliss-reactive ketones (excluding diaryl/α,β-unsaturated/α-hetero) is 1. The molecule has 29 heavy (non-hydrogen) atoms. The molecule has 0 aliphatic heterocycles. The third-order valence-electron chi connectivity index (χ3n) is 4.25. The summed E-state index contributed by atoms with van der Waals surface area (Å²) in [6, 6.07) is 13.0. The molecule has 0 bridgehead atoms. The number of nitrogens with zero attached hydrogens (tertiary/aromatic N) is 1. The lowest BCUT2D eigenvalue weighted by Gasteiger charge is -2.06. The number of ether oxygens (including phenoxy) is 2. The number of carbonyl (C=O) groups excluding carboxylic acids is 2. The molecule has 0 aliphatic rings. The van der Waals surface area contributed by atoms with E-state index in [9.17, 15) is 9.59 Å². The van der Waals surface area contributed by atoms with Crippen LogP contribution in [-0.4, -0.2) is 23.8 Å². The van der Waals surface area contributed by atoms with Gasteiger partial charge in [-0.15, -0.1) is 11.3 Å². The average Bonchev–Trinajstić information content (AvgIpc) is 3.20. The fraction of sp³-hybridized carbons (Fsp3) is 0.227. The van der Waals surface area contributed by atoms with Gasteiger partial charge >= 0.3 is 5.97 Å². The molecular formula is C22H20BrNO4S. The number of ketones is 1. The van der Waals surface area contributed by atoms with Crippen molar-refractivity contribution in [3.05, 3.63) is 69.1 Å². The number of thiazole rings is 1. The molecule has 0 saturated heterocycles. The largest absolute Gasteiger partial charge is 0.496 e. The van der Waals surface area contributed by atoms with Crippen LogP contribution in [0, 0.1) is 6.92 Å². The number of halogens is 1. The minimum Gasteiger partial charge on any atom is -0.496 e. The van der Waals surface area contributed by atoms with E-state index in [0.717, 1.165) is 26.4 Å². The molecule has 3 rings (SSSR count). The van der Waals surface area contributed by atoms with Gasteiger partial charge in [0.1, 0.15) is 17.4 Å². The van der Waals surface area contributed by atoms with Gasteiger partial charge in [0.25, 0.3) is 0 Å². The normalized spacial score (nSPS) is 10.6. The van der Waals surface area contributed by atoms with E-state index >= 15 is 0 Å². The number of rotatable bonds is 8. The van der Waals surface area contributed by atoms with Crippen LogP contribution in [0.2, 0.25) is 0 Å². The SMILES string of the molecule is COc1ccc(Br)cc1-c1nc(COC(=O)CCC(=O)c2ccc(C)cc2)cs1. The molecule has 7 heteroatoms. The molecule has 1 aromatic heterocycles. The fourth-order valence-corrected chi connectivity index (χ4v) is 3.86. The molecule has 0 atom stereocenters. The average molecular weight is 474 g/mol. The summed E-state index contributed by atoms with van der Waals surface area (Å²) in [7, 11) is 1.61. The van der Waals surface area contributed by atoms with Crippen molar-refractivity contribution in [3.63, 3.8) is 0 Å². The standard InChI is InChI=1S/C22H20BrNO4S/c1-14-3-5-15(6-4-14)19(25)8-10-21(26)28-12-17-13-29-22(24-17)18-11-16(23)7-9-20(18)27-2/h3-7,9,11,13H,8,10,12H2,1-2H3. The van der Waals surface area contributed by atoms with Gasteiger partial charge in [-0.25, -0.2) is 4.98 Å². The molecular weight excluding hydrogens is 454 g/mol. The van der Waals surface area contributed by atoms with Crippen LogP contribution in [0.25, 0.3) is 10.6 Å². The first-order valence-corrected chi connectivity index (χ1v) is 10.7. The Balaban J connectivity index is 1.53. The Morgan fingerprint density at radius 1 is 1.10 bits per heavy atom. The first-order chi connectivity index (χ1) is 14.0. The Morgan fingerprint density at radius 2 is 1.86 bits per heavy atom. The molecule has 5 nitrogen and oxygen atoms in total. The lowest BCUT2D eigenvalue weighted by atomic mass is 10.1. The van der Waals surface area contributed by atoms with Crippen LogP contribution in [0.3, 0.4) is 0 Å². The van der Waals surface area contributed by atoms with Crippen LogP contribution in [-0.2, 0) is 16.1 Å². The molecule has 3 aromatic rings. The number of hydrogen-bond donors (Lipinski definition) is 0. The van der Waals surface area contributed by atoms with Gasteiger partial charge < -0.3 is 9.47 Å². The van der Waals surface area contributed by atoms with Crippen LogP contribution in [0.5, 0.6) is 5.75 Å². The number of methoxy groups -OCH3 is 1. The summed E-state index contributed by atoms with van der Waals surface area (Å²) >= 11 is 4.90. The fourth-order valence-electron chi connectivity index (χ4n) is 2.67. The van der Waals surface area contributed by atoms with Gasteiger partial charge in [0, 0.05) is 21.8 Å². The van der Waals surface area contributed by atoms with E-state index in [1.807, 2.05) is 42.6 Å². The third-order valence-corrected chi connectivity index (χ3v) is 5.67. The van der Waals surface area contributed by atoms with E-state index in [1.54, 1.807) is 19.2 Å². The number of aromatic nitrogens is 1. The molecule has 0 radical (unpaired) electrons.